The Morgan fingerprint density at radius 2 is 1.35 bits per heavy atom. The van der Waals surface area contributed by atoms with Crippen LogP contribution in [0.2, 0.25) is 0 Å². The largest absolute Gasteiger partial charge is 1.00 e. The smallest absolute Gasteiger partial charge is 0.822 e. The number of carbonyl (C=O) groups is 1. The maximum atomic E-state index is 11.6. The van der Waals surface area contributed by atoms with Crippen LogP contribution in [0, 0.1) is 20.8 Å². The zero-order valence-electron chi connectivity index (χ0n) is 16.0. The number of hydrogen-bond acceptors (Lipinski definition) is 5. The predicted molar refractivity (Wildman–Crippen MR) is 82.2 cm³/mol. The fraction of sp³-hybridized carbons (Fsp3) is 0.188. The average molecular weight is 355 g/mol. The molecule has 2 N–H and O–H groups in total. The van der Waals surface area contributed by atoms with Gasteiger partial charge in [-0.25, -0.2) is 0 Å². The Labute approximate surface area is 189 Å². The van der Waals surface area contributed by atoms with Gasteiger partial charge in [-0.15, -0.1) is 0 Å². The van der Waals surface area contributed by atoms with Crippen molar-refractivity contribution in [3.63, 3.8) is 0 Å². The molecule has 0 unspecified atom stereocenters. The van der Waals surface area contributed by atoms with Gasteiger partial charge in [-0.2, -0.15) is 7.82 Å². The molecule has 0 saturated carbocycles. The van der Waals surface area contributed by atoms with E-state index in [9.17, 15) is 4.79 Å². The summed E-state index contributed by atoms with van der Waals surface area (Å²) in [6.07, 6.45) is 0. The van der Waals surface area contributed by atoms with Crippen molar-refractivity contribution >= 4 is 13.7 Å². The van der Waals surface area contributed by atoms with Crippen LogP contribution in [0.3, 0.4) is 0 Å². The topological polar surface area (TPSA) is 129 Å². The van der Waals surface area contributed by atoms with E-state index < -0.39 is 7.82 Å². The monoisotopic (exact) mass is 355 g/mol. The third-order valence-corrected chi connectivity index (χ3v) is 3.28. The molecule has 6 nitrogen and oxygen atoms in total. The summed E-state index contributed by atoms with van der Waals surface area (Å²) in [6.45, 7) is 5.95. The molecule has 0 aromatic heterocycles. The van der Waals surface area contributed by atoms with E-state index in [1.807, 2.05) is 38.1 Å². The molecule has 2 rings (SSSR count). The Morgan fingerprint density at radius 1 is 0.923 bits per heavy atom. The number of hydrogen-bond donors (Lipinski definition) is 1. The Bertz CT molecular complexity index is 758. The Kier molecular flexibility index (Phi) is 15.3. The first-order valence-electron chi connectivity index (χ1n) is 6.71. The van der Waals surface area contributed by atoms with E-state index in [4.69, 9.17) is 25.0 Å². The third-order valence-electron chi connectivity index (χ3n) is 3.28. The molecule has 2 aromatic rings. The molecule has 0 aliphatic carbocycles. The van der Waals surface area contributed by atoms with Crippen molar-refractivity contribution < 1.29 is 80.6 Å². The summed E-state index contributed by atoms with van der Waals surface area (Å²) >= 11 is 0. The molecule has 0 aliphatic heterocycles. The van der Waals surface area contributed by atoms with Gasteiger partial charge in [0.1, 0.15) is 0 Å². The van der Waals surface area contributed by atoms with Crippen LogP contribution in [0.15, 0.2) is 36.4 Å². The van der Waals surface area contributed by atoms with Gasteiger partial charge in [-0.05, 0) is 48.6 Å². The fourth-order valence-corrected chi connectivity index (χ4v) is 2.61. The van der Waals surface area contributed by atoms with Crippen molar-refractivity contribution in [1.82, 2.24) is 0 Å². The van der Waals surface area contributed by atoms with E-state index in [0.717, 1.165) is 22.3 Å². The number of amides is 1. The van der Waals surface area contributed by atoms with E-state index >= 15 is 0 Å². The van der Waals surface area contributed by atoms with Crippen LogP contribution in [-0.4, -0.2) is 5.91 Å². The molecule has 26 heavy (non-hydrogen) atoms. The molecule has 1 amide bonds. The van der Waals surface area contributed by atoms with E-state index in [1.165, 1.54) is 5.56 Å². The predicted octanol–water partition coefficient (Wildman–Crippen LogP) is -8.43. The first kappa shape index (κ1) is 30.5. The number of rotatable bonds is 2. The summed E-state index contributed by atoms with van der Waals surface area (Å²) in [5.74, 6) is -0.359. The van der Waals surface area contributed by atoms with Gasteiger partial charge >= 0.3 is 56.6 Å². The van der Waals surface area contributed by atoms with Crippen LogP contribution in [0.1, 0.15) is 27.0 Å². The van der Waals surface area contributed by atoms with E-state index in [-0.39, 0.29) is 62.5 Å². The number of aryl methyl sites for hydroxylation is 2. The normalized spacial score (nSPS) is 9.46. The molecule has 0 aliphatic rings. The SMILES string of the molecule is Cc1cc(C)c(-c2ccccc2)c(C)c1C(N)=O.O=P([O-])([O-])[O-].[Li+].[Li+].[Li+]. The van der Waals surface area contributed by atoms with Crippen molar-refractivity contribution in [1.29, 1.82) is 0 Å². The summed E-state index contributed by atoms with van der Waals surface area (Å²) in [5, 5.41) is 0. The van der Waals surface area contributed by atoms with Gasteiger partial charge in [-0.1, -0.05) is 36.4 Å². The molecular weight excluding hydrogens is 338 g/mol. The minimum Gasteiger partial charge on any atom is -0.822 e. The fourth-order valence-electron chi connectivity index (χ4n) is 2.61. The van der Waals surface area contributed by atoms with Crippen LogP contribution in [0.4, 0.5) is 0 Å². The third kappa shape index (κ3) is 9.66. The molecule has 0 spiro atoms. The molecule has 124 valence electrons. The van der Waals surface area contributed by atoms with Crippen molar-refractivity contribution in [3.8, 4) is 11.1 Å². The molecule has 0 heterocycles. The van der Waals surface area contributed by atoms with Gasteiger partial charge in [0.25, 0.3) is 0 Å². The Morgan fingerprint density at radius 3 is 1.73 bits per heavy atom. The van der Waals surface area contributed by atoms with Gasteiger partial charge < -0.3 is 25.0 Å². The standard InChI is InChI=1S/C16H17NO.3Li.H3O4P/c1-10-9-11(2)15(16(17)18)12(3)14(10)13-7-5-4-6-8-13;;;;1-5(2,3)4/h4-9H,1-3H3,(H2,17,18);;;;(H3,1,2,3,4)/q;3*+1;/p-3. The van der Waals surface area contributed by atoms with Gasteiger partial charge in [0, 0.05) is 5.56 Å². The number of carbonyl (C=O) groups excluding carboxylic acids is 1. The first-order chi connectivity index (χ1) is 10.5. The van der Waals surface area contributed by atoms with E-state index in [0.29, 0.717) is 5.56 Å². The van der Waals surface area contributed by atoms with Gasteiger partial charge in [0.15, 0.2) is 0 Å². The average Bonchev–Trinajstić information content (AvgIpc) is 2.36. The van der Waals surface area contributed by atoms with Crippen LogP contribution in [0.5, 0.6) is 0 Å². The summed E-state index contributed by atoms with van der Waals surface area (Å²) in [5.41, 5.74) is 11.4. The quantitative estimate of drug-likeness (QED) is 0.423. The summed E-state index contributed by atoms with van der Waals surface area (Å²) in [6, 6.07) is 12.1. The second-order valence-corrected chi connectivity index (χ2v) is 5.96. The van der Waals surface area contributed by atoms with Gasteiger partial charge in [0.2, 0.25) is 5.91 Å². The zero-order valence-corrected chi connectivity index (χ0v) is 16.9. The molecule has 0 bridgehead atoms. The summed E-state index contributed by atoms with van der Waals surface area (Å²) in [4.78, 5) is 37.2. The van der Waals surface area contributed by atoms with Gasteiger partial charge in [-0.3, -0.25) is 4.79 Å². The maximum Gasteiger partial charge on any atom is 1.00 e. The minimum absolute atomic E-state index is 0. The Balaban J connectivity index is -0.000000590. The number of phosphoric acid groups is 1. The zero-order chi connectivity index (χ0) is 17.8. The molecule has 0 atom stereocenters. The summed E-state index contributed by atoms with van der Waals surface area (Å²) in [7, 11) is -5.39. The van der Waals surface area contributed by atoms with Crippen molar-refractivity contribution in [3.05, 3.63) is 58.7 Å². The molecule has 2 aromatic carbocycles. The van der Waals surface area contributed by atoms with E-state index in [1.54, 1.807) is 0 Å². The Hall–Kier alpha value is -0.188. The van der Waals surface area contributed by atoms with E-state index in [2.05, 4.69) is 19.1 Å². The van der Waals surface area contributed by atoms with Crippen molar-refractivity contribution in [2.24, 2.45) is 5.73 Å². The van der Waals surface area contributed by atoms with Gasteiger partial charge in [0.05, 0.1) is 0 Å². The van der Waals surface area contributed by atoms with Crippen molar-refractivity contribution in [2.75, 3.05) is 0 Å². The maximum absolute atomic E-state index is 11.6. The molecule has 10 heteroatoms. The molecular formula is C16H17Li3NO5P. The number of primary amides is 1. The van der Waals surface area contributed by atoms with Crippen LogP contribution in [-0.2, 0) is 4.57 Å². The first-order valence-corrected chi connectivity index (χ1v) is 8.17. The van der Waals surface area contributed by atoms with Crippen molar-refractivity contribution in [2.45, 2.75) is 20.8 Å². The molecule has 0 fully saturated rings. The number of benzene rings is 2. The van der Waals surface area contributed by atoms with Crippen LogP contribution >= 0.6 is 7.82 Å². The second-order valence-electron chi connectivity index (χ2n) is 5.06. The van der Waals surface area contributed by atoms with Crippen LogP contribution in [0.25, 0.3) is 11.1 Å². The minimum atomic E-state index is -5.39. The second kappa shape index (κ2) is 13.1. The molecule has 0 radical (unpaired) electrons. The molecule has 0 saturated heterocycles. The number of nitrogens with two attached hydrogens (primary N) is 1. The van der Waals surface area contributed by atoms with Crippen LogP contribution < -0.4 is 77.0 Å². The summed E-state index contributed by atoms with van der Waals surface area (Å²) < 4.78 is 8.55.